The van der Waals surface area contributed by atoms with Gasteiger partial charge in [0.1, 0.15) is 5.75 Å². The molecule has 0 radical (unpaired) electrons. The monoisotopic (exact) mass is 328 g/mol. The molecule has 0 unspecified atom stereocenters. The van der Waals surface area contributed by atoms with Crippen LogP contribution in [0.4, 0.5) is 4.79 Å². The molecule has 4 nitrogen and oxygen atoms in total. The number of likely N-dealkylation sites (tertiary alicyclic amines) is 2. The van der Waals surface area contributed by atoms with Crippen molar-refractivity contribution in [2.24, 2.45) is 5.92 Å². The van der Waals surface area contributed by atoms with Gasteiger partial charge in [0.25, 0.3) is 0 Å². The minimum absolute atomic E-state index is 0.0513. The van der Waals surface area contributed by atoms with Crippen LogP contribution in [0, 0.1) is 5.92 Å². The largest absolute Gasteiger partial charge is 0.508 e. The van der Waals surface area contributed by atoms with Crippen LogP contribution in [0.3, 0.4) is 0 Å². The van der Waals surface area contributed by atoms with E-state index in [1.54, 1.807) is 6.07 Å². The summed E-state index contributed by atoms with van der Waals surface area (Å²) in [5, 5.41) is 9.93. The van der Waals surface area contributed by atoms with E-state index in [0.29, 0.717) is 11.7 Å². The average molecular weight is 328 g/mol. The molecule has 2 bridgehead atoms. The van der Waals surface area contributed by atoms with Gasteiger partial charge in [0.15, 0.2) is 0 Å². The molecule has 0 saturated carbocycles. The summed E-state index contributed by atoms with van der Waals surface area (Å²) in [7, 11) is 0. The highest BCUT2D eigenvalue weighted by Crippen LogP contribution is 2.49. The molecule has 3 aliphatic rings. The van der Waals surface area contributed by atoms with E-state index < -0.39 is 0 Å². The number of rotatable bonds is 0. The van der Waals surface area contributed by atoms with Gasteiger partial charge in [-0.1, -0.05) is 19.9 Å². The van der Waals surface area contributed by atoms with Crippen LogP contribution >= 0.6 is 0 Å². The van der Waals surface area contributed by atoms with E-state index in [0.717, 1.165) is 45.3 Å². The number of hydrogen-bond acceptors (Lipinski definition) is 2. The van der Waals surface area contributed by atoms with E-state index in [1.165, 1.54) is 17.5 Å². The second-order valence-electron chi connectivity index (χ2n) is 8.09. The molecular formula is C20H28N2O2. The SMILES string of the molecule is C[C@@H]1[C@H]2Cc3ccc(O)cc3[C@]1(C)CCN2C(=O)N1CCCCC1. The number of phenols is 1. The first-order valence-corrected chi connectivity index (χ1v) is 9.38. The van der Waals surface area contributed by atoms with E-state index >= 15 is 0 Å². The normalized spacial score (nSPS) is 32.4. The van der Waals surface area contributed by atoms with Gasteiger partial charge in [-0.25, -0.2) is 4.79 Å². The third kappa shape index (κ3) is 2.30. The standard InChI is InChI=1S/C20H28N2O2/c1-14-18-12-15-6-7-16(23)13-17(15)20(14,2)8-11-22(18)19(24)21-9-4-3-5-10-21/h6-7,13-14,18,23H,3-5,8-12H2,1-2H3/t14-,18-,20-/m1/s1. The van der Waals surface area contributed by atoms with Gasteiger partial charge in [-0.2, -0.15) is 0 Å². The zero-order valence-corrected chi connectivity index (χ0v) is 14.8. The summed E-state index contributed by atoms with van der Waals surface area (Å²) < 4.78 is 0. The first-order valence-electron chi connectivity index (χ1n) is 9.38. The molecule has 2 aliphatic heterocycles. The van der Waals surface area contributed by atoms with Crippen molar-refractivity contribution >= 4 is 6.03 Å². The Kier molecular flexibility index (Phi) is 3.74. The van der Waals surface area contributed by atoms with Crippen LogP contribution in [0.5, 0.6) is 5.75 Å². The van der Waals surface area contributed by atoms with Crippen LogP contribution in [0.25, 0.3) is 0 Å². The number of aromatic hydroxyl groups is 1. The summed E-state index contributed by atoms with van der Waals surface area (Å²) in [6.07, 6.45) is 5.41. The number of hydrogen-bond donors (Lipinski definition) is 1. The van der Waals surface area contributed by atoms with Crippen molar-refractivity contribution in [2.45, 2.75) is 57.4 Å². The lowest BCUT2D eigenvalue weighted by Crippen LogP contribution is -2.62. The van der Waals surface area contributed by atoms with Crippen molar-refractivity contribution in [3.8, 4) is 5.75 Å². The minimum Gasteiger partial charge on any atom is -0.508 e. The van der Waals surface area contributed by atoms with E-state index in [2.05, 4.69) is 29.7 Å². The molecule has 0 aromatic heterocycles. The summed E-state index contributed by atoms with van der Waals surface area (Å²) >= 11 is 0. The predicted octanol–water partition coefficient (Wildman–Crippen LogP) is 3.52. The Morgan fingerprint density at radius 1 is 1.21 bits per heavy atom. The lowest BCUT2D eigenvalue weighted by atomic mass is 9.59. The molecule has 1 aliphatic carbocycles. The smallest absolute Gasteiger partial charge is 0.320 e. The van der Waals surface area contributed by atoms with Crippen LogP contribution in [-0.2, 0) is 11.8 Å². The summed E-state index contributed by atoms with van der Waals surface area (Å²) in [5.41, 5.74) is 2.64. The van der Waals surface area contributed by atoms with Crippen molar-refractivity contribution in [3.05, 3.63) is 29.3 Å². The number of urea groups is 1. The first-order chi connectivity index (χ1) is 11.5. The molecule has 0 spiro atoms. The molecule has 2 heterocycles. The number of fused-ring (bicyclic) bond motifs is 4. The number of phenolic OH excluding ortho intramolecular Hbond substituents is 1. The number of nitrogens with zero attached hydrogens (tertiary/aromatic N) is 2. The topological polar surface area (TPSA) is 43.8 Å². The minimum atomic E-state index is 0.0513. The second kappa shape index (κ2) is 5.68. The maximum Gasteiger partial charge on any atom is 0.320 e. The second-order valence-corrected chi connectivity index (χ2v) is 8.09. The van der Waals surface area contributed by atoms with Crippen molar-refractivity contribution < 1.29 is 9.90 Å². The molecule has 1 N–H and O–H groups in total. The zero-order chi connectivity index (χ0) is 16.9. The summed E-state index contributed by atoms with van der Waals surface area (Å²) in [6.45, 7) is 7.25. The van der Waals surface area contributed by atoms with Gasteiger partial charge in [0.2, 0.25) is 0 Å². The average Bonchev–Trinajstić information content (AvgIpc) is 2.59. The Labute approximate surface area is 144 Å². The molecule has 130 valence electrons. The highest BCUT2D eigenvalue weighted by atomic mass is 16.3. The Balaban J connectivity index is 1.65. The number of carbonyl (C=O) groups excluding carboxylic acids is 1. The fourth-order valence-corrected chi connectivity index (χ4v) is 5.11. The van der Waals surface area contributed by atoms with Crippen LogP contribution in [0.2, 0.25) is 0 Å². The van der Waals surface area contributed by atoms with Crippen LogP contribution in [0.15, 0.2) is 18.2 Å². The molecule has 3 atom stereocenters. The molecular weight excluding hydrogens is 300 g/mol. The van der Waals surface area contributed by atoms with Crippen LogP contribution in [-0.4, -0.2) is 46.6 Å². The van der Waals surface area contributed by atoms with E-state index in [4.69, 9.17) is 0 Å². The fraction of sp³-hybridized carbons (Fsp3) is 0.650. The Morgan fingerprint density at radius 3 is 2.71 bits per heavy atom. The zero-order valence-electron chi connectivity index (χ0n) is 14.8. The van der Waals surface area contributed by atoms with Crippen molar-refractivity contribution in [1.82, 2.24) is 9.80 Å². The quantitative estimate of drug-likeness (QED) is 0.792. The third-order valence-electron chi connectivity index (χ3n) is 6.86. The summed E-state index contributed by atoms with van der Waals surface area (Å²) in [6, 6.07) is 6.30. The highest BCUT2D eigenvalue weighted by molar-refractivity contribution is 5.75. The Morgan fingerprint density at radius 2 is 1.96 bits per heavy atom. The van der Waals surface area contributed by atoms with Gasteiger partial charge in [-0.05, 0) is 66.7 Å². The maximum absolute atomic E-state index is 13.1. The maximum atomic E-state index is 13.1. The summed E-state index contributed by atoms with van der Waals surface area (Å²) in [5.74, 6) is 0.765. The van der Waals surface area contributed by atoms with Crippen LogP contribution in [0.1, 0.15) is 50.7 Å². The lowest BCUT2D eigenvalue weighted by molar-refractivity contribution is 0.0384. The number of piperidine rings is 2. The van der Waals surface area contributed by atoms with Crippen LogP contribution < -0.4 is 0 Å². The first kappa shape index (κ1) is 15.8. The van der Waals surface area contributed by atoms with Crippen molar-refractivity contribution in [3.63, 3.8) is 0 Å². The predicted molar refractivity (Wildman–Crippen MR) is 94.3 cm³/mol. The van der Waals surface area contributed by atoms with E-state index in [1.807, 2.05) is 6.07 Å². The number of benzene rings is 1. The lowest BCUT2D eigenvalue weighted by Gasteiger charge is -2.55. The molecule has 2 saturated heterocycles. The summed E-state index contributed by atoms with van der Waals surface area (Å²) in [4.78, 5) is 17.3. The van der Waals surface area contributed by atoms with Gasteiger partial charge >= 0.3 is 6.03 Å². The molecule has 2 fully saturated rings. The van der Waals surface area contributed by atoms with Gasteiger partial charge in [-0.3, -0.25) is 0 Å². The van der Waals surface area contributed by atoms with Gasteiger partial charge < -0.3 is 14.9 Å². The Bertz CT molecular complexity index is 653. The fourth-order valence-electron chi connectivity index (χ4n) is 5.11. The van der Waals surface area contributed by atoms with E-state index in [-0.39, 0.29) is 17.5 Å². The molecule has 2 amide bonds. The third-order valence-corrected chi connectivity index (χ3v) is 6.86. The van der Waals surface area contributed by atoms with Crippen molar-refractivity contribution in [1.29, 1.82) is 0 Å². The van der Waals surface area contributed by atoms with Gasteiger partial charge in [0.05, 0.1) is 0 Å². The van der Waals surface area contributed by atoms with E-state index in [9.17, 15) is 9.90 Å². The molecule has 1 aromatic carbocycles. The number of carbonyl (C=O) groups is 1. The molecule has 4 rings (SSSR count). The van der Waals surface area contributed by atoms with Gasteiger partial charge in [-0.15, -0.1) is 0 Å². The van der Waals surface area contributed by atoms with Crippen molar-refractivity contribution in [2.75, 3.05) is 19.6 Å². The molecule has 4 heteroatoms. The van der Waals surface area contributed by atoms with Gasteiger partial charge in [0, 0.05) is 25.7 Å². The highest BCUT2D eigenvalue weighted by Gasteiger charge is 2.50. The molecule has 1 aromatic rings. The number of amides is 2. The molecule has 24 heavy (non-hydrogen) atoms. The Hall–Kier alpha value is -1.71.